The van der Waals surface area contributed by atoms with Crippen LogP contribution in [-0.4, -0.2) is 39.4 Å². The Balaban J connectivity index is 1.66. The number of H-pyrrole nitrogens is 2. The van der Waals surface area contributed by atoms with Crippen molar-refractivity contribution in [1.29, 1.82) is 0 Å². The maximum absolute atomic E-state index is 13.3. The van der Waals surface area contributed by atoms with E-state index in [-0.39, 0.29) is 18.1 Å². The van der Waals surface area contributed by atoms with Gasteiger partial charge in [0.05, 0.1) is 12.7 Å². The molecule has 114 valence electrons. The lowest BCUT2D eigenvalue weighted by Gasteiger charge is -2.16. The van der Waals surface area contributed by atoms with E-state index >= 15 is 0 Å². The van der Waals surface area contributed by atoms with Gasteiger partial charge in [-0.15, -0.1) is 0 Å². The number of likely N-dealkylation sites (N-methyl/N-ethyl adjacent to an activating group) is 1. The molecule has 0 saturated heterocycles. The Morgan fingerprint density at radius 3 is 3.00 bits per heavy atom. The predicted octanol–water partition coefficient (Wildman–Crippen LogP) is 2.27. The van der Waals surface area contributed by atoms with Crippen LogP contribution < -0.4 is 0 Å². The molecule has 0 spiro atoms. The molecule has 0 aliphatic carbocycles. The normalized spacial score (nSPS) is 11.0. The van der Waals surface area contributed by atoms with Crippen LogP contribution in [0.5, 0.6) is 0 Å². The summed E-state index contributed by atoms with van der Waals surface area (Å²) in [5.74, 6) is -0.293. The summed E-state index contributed by atoms with van der Waals surface area (Å²) in [6, 6.07) is 4.54. The molecule has 0 radical (unpaired) electrons. The van der Waals surface area contributed by atoms with Crippen LogP contribution >= 0.6 is 0 Å². The zero-order valence-corrected chi connectivity index (χ0v) is 12.3. The van der Waals surface area contributed by atoms with Gasteiger partial charge in [-0.2, -0.15) is 0 Å². The summed E-state index contributed by atoms with van der Waals surface area (Å²) in [4.78, 5) is 24.0. The van der Waals surface area contributed by atoms with Crippen LogP contribution in [0.4, 0.5) is 4.39 Å². The van der Waals surface area contributed by atoms with Crippen molar-refractivity contribution in [3.8, 4) is 0 Å². The van der Waals surface area contributed by atoms with E-state index in [1.165, 1.54) is 12.1 Å². The molecule has 0 aliphatic rings. The molecule has 0 bridgehead atoms. The highest BCUT2D eigenvalue weighted by atomic mass is 19.1. The number of nitrogens with zero attached hydrogens (tertiary/aromatic N) is 2. The van der Waals surface area contributed by atoms with Gasteiger partial charge in [0, 0.05) is 49.0 Å². The lowest BCUT2D eigenvalue weighted by Crippen LogP contribution is -2.30. The number of nitrogens with one attached hydrogen (secondary N) is 2. The maximum Gasteiger partial charge on any atom is 0.226 e. The summed E-state index contributed by atoms with van der Waals surface area (Å²) in [6.07, 6.45) is 6.12. The van der Waals surface area contributed by atoms with Crippen molar-refractivity contribution in [2.45, 2.75) is 12.8 Å². The number of rotatable bonds is 5. The zero-order valence-electron chi connectivity index (χ0n) is 12.3. The molecule has 0 atom stereocenters. The molecule has 0 fully saturated rings. The Bertz CT molecular complexity index is 779. The molecule has 0 unspecified atom stereocenters. The van der Waals surface area contributed by atoms with E-state index in [0.717, 1.165) is 28.6 Å². The van der Waals surface area contributed by atoms with Gasteiger partial charge in [0.2, 0.25) is 5.91 Å². The van der Waals surface area contributed by atoms with Gasteiger partial charge in [0.25, 0.3) is 0 Å². The first-order valence-electron chi connectivity index (χ1n) is 7.10. The number of carbonyl (C=O) groups is 1. The average molecular weight is 300 g/mol. The topological polar surface area (TPSA) is 64.8 Å². The minimum absolute atomic E-state index is 0.00433. The number of halogens is 1. The van der Waals surface area contributed by atoms with E-state index in [2.05, 4.69) is 15.0 Å². The van der Waals surface area contributed by atoms with Gasteiger partial charge in [0.1, 0.15) is 5.82 Å². The lowest BCUT2D eigenvalue weighted by atomic mass is 10.1. The van der Waals surface area contributed by atoms with Crippen LogP contribution in [0, 0.1) is 5.82 Å². The summed E-state index contributed by atoms with van der Waals surface area (Å²) in [5.41, 5.74) is 2.64. The molecule has 2 aromatic heterocycles. The standard InChI is InChI=1S/C16H17FN4O/c1-21(5-4-13-9-18-10-20-13)16(22)6-11-8-19-15-3-2-12(17)7-14(11)15/h2-3,7-10,19H,4-6H2,1H3,(H,18,20). The van der Waals surface area contributed by atoms with E-state index in [9.17, 15) is 9.18 Å². The number of hydrogen-bond donors (Lipinski definition) is 2. The highest BCUT2D eigenvalue weighted by Crippen LogP contribution is 2.20. The molecular formula is C16H17FN4O. The van der Waals surface area contributed by atoms with E-state index in [4.69, 9.17) is 0 Å². The second-order valence-electron chi connectivity index (χ2n) is 5.32. The van der Waals surface area contributed by atoms with E-state index < -0.39 is 0 Å². The number of carbonyl (C=O) groups excluding carboxylic acids is 1. The van der Waals surface area contributed by atoms with Gasteiger partial charge in [0.15, 0.2) is 0 Å². The summed E-state index contributed by atoms with van der Waals surface area (Å²) < 4.78 is 13.3. The summed E-state index contributed by atoms with van der Waals surface area (Å²) >= 11 is 0. The predicted molar refractivity (Wildman–Crippen MR) is 81.9 cm³/mol. The van der Waals surface area contributed by atoms with Crippen LogP contribution in [0.1, 0.15) is 11.3 Å². The van der Waals surface area contributed by atoms with E-state index in [1.54, 1.807) is 36.7 Å². The quantitative estimate of drug-likeness (QED) is 0.759. The van der Waals surface area contributed by atoms with Crippen LogP contribution in [0.3, 0.4) is 0 Å². The minimum Gasteiger partial charge on any atom is -0.361 e. The van der Waals surface area contributed by atoms with Gasteiger partial charge in [-0.05, 0) is 23.8 Å². The van der Waals surface area contributed by atoms with Gasteiger partial charge in [-0.1, -0.05) is 0 Å². The Morgan fingerprint density at radius 1 is 1.36 bits per heavy atom. The summed E-state index contributed by atoms with van der Waals surface area (Å²) in [5, 5.41) is 0.760. The largest absolute Gasteiger partial charge is 0.361 e. The Morgan fingerprint density at radius 2 is 2.23 bits per heavy atom. The summed E-state index contributed by atoms with van der Waals surface area (Å²) in [6.45, 7) is 0.609. The van der Waals surface area contributed by atoms with Crippen molar-refractivity contribution >= 4 is 16.8 Å². The first kappa shape index (κ1) is 14.3. The first-order valence-corrected chi connectivity index (χ1v) is 7.10. The zero-order chi connectivity index (χ0) is 15.5. The van der Waals surface area contributed by atoms with Crippen LogP contribution in [0.2, 0.25) is 0 Å². The Hall–Kier alpha value is -2.63. The van der Waals surface area contributed by atoms with Crippen molar-refractivity contribution in [3.05, 3.63) is 54.0 Å². The second kappa shape index (κ2) is 6.01. The van der Waals surface area contributed by atoms with Crippen molar-refractivity contribution < 1.29 is 9.18 Å². The Kier molecular flexibility index (Phi) is 3.91. The molecule has 2 N–H and O–H groups in total. The number of aromatic amines is 2. The van der Waals surface area contributed by atoms with Crippen molar-refractivity contribution in [2.24, 2.45) is 0 Å². The van der Waals surface area contributed by atoms with E-state index in [1.807, 2.05) is 0 Å². The number of aromatic nitrogens is 3. The molecule has 0 saturated carbocycles. The summed E-state index contributed by atoms with van der Waals surface area (Å²) in [7, 11) is 1.77. The third-order valence-electron chi connectivity index (χ3n) is 3.77. The highest BCUT2D eigenvalue weighted by molar-refractivity contribution is 5.88. The fourth-order valence-electron chi connectivity index (χ4n) is 2.43. The number of fused-ring (bicyclic) bond motifs is 1. The van der Waals surface area contributed by atoms with Crippen molar-refractivity contribution in [3.63, 3.8) is 0 Å². The third kappa shape index (κ3) is 3.00. The van der Waals surface area contributed by atoms with Gasteiger partial charge >= 0.3 is 0 Å². The molecule has 5 nitrogen and oxygen atoms in total. The smallest absolute Gasteiger partial charge is 0.226 e. The SMILES string of the molecule is CN(CCc1cnc[nH]1)C(=O)Cc1c[nH]c2ccc(F)cc12. The highest BCUT2D eigenvalue weighted by Gasteiger charge is 2.13. The number of benzene rings is 1. The molecule has 1 aromatic carbocycles. The van der Waals surface area contributed by atoms with E-state index in [0.29, 0.717) is 6.54 Å². The third-order valence-corrected chi connectivity index (χ3v) is 3.77. The molecule has 0 aliphatic heterocycles. The number of imidazole rings is 1. The first-order chi connectivity index (χ1) is 10.6. The molecular weight excluding hydrogens is 283 g/mol. The maximum atomic E-state index is 13.3. The second-order valence-corrected chi connectivity index (χ2v) is 5.32. The molecule has 2 heterocycles. The average Bonchev–Trinajstić information content (AvgIpc) is 3.15. The lowest BCUT2D eigenvalue weighted by molar-refractivity contribution is -0.129. The number of hydrogen-bond acceptors (Lipinski definition) is 2. The fraction of sp³-hybridized carbons (Fsp3) is 0.250. The molecule has 1 amide bonds. The van der Waals surface area contributed by atoms with Crippen LogP contribution in [-0.2, 0) is 17.6 Å². The van der Waals surface area contributed by atoms with Crippen molar-refractivity contribution in [2.75, 3.05) is 13.6 Å². The monoisotopic (exact) mass is 300 g/mol. The van der Waals surface area contributed by atoms with Crippen LogP contribution in [0.25, 0.3) is 10.9 Å². The Labute approximate surface area is 127 Å². The van der Waals surface area contributed by atoms with Crippen molar-refractivity contribution in [1.82, 2.24) is 19.9 Å². The van der Waals surface area contributed by atoms with Crippen LogP contribution in [0.15, 0.2) is 36.9 Å². The molecule has 22 heavy (non-hydrogen) atoms. The van der Waals surface area contributed by atoms with Gasteiger partial charge in [-0.3, -0.25) is 4.79 Å². The number of amides is 1. The van der Waals surface area contributed by atoms with Gasteiger partial charge < -0.3 is 14.9 Å². The minimum atomic E-state index is -0.298. The molecule has 3 aromatic rings. The fourth-order valence-corrected chi connectivity index (χ4v) is 2.43. The molecule has 3 rings (SSSR count). The molecule has 6 heteroatoms. The van der Waals surface area contributed by atoms with Gasteiger partial charge in [-0.25, -0.2) is 9.37 Å².